The van der Waals surface area contributed by atoms with Gasteiger partial charge >= 0.3 is 12.2 Å². The van der Waals surface area contributed by atoms with Gasteiger partial charge in [0.2, 0.25) is 0 Å². The second-order valence-corrected chi connectivity index (χ2v) is 5.77. The molecule has 0 radical (unpaired) electrons. The van der Waals surface area contributed by atoms with Crippen LogP contribution in [-0.2, 0) is 12.6 Å². The highest BCUT2D eigenvalue weighted by atomic mass is 19.4. The van der Waals surface area contributed by atoms with E-state index in [1.165, 1.54) is 17.6 Å². The molecule has 0 saturated heterocycles. The Bertz CT molecular complexity index is 687. The van der Waals surface area contributed by atoms with Crippen LogP contribution < -0.4 is 9.64 Å². The molecule has 0 amide bonds. The maximum Gasteiger partial charge on any atom is 0.421 e. The Morgan fingerprint density at radius 1 is 1.12 bits per heavy atom. The summed E-state index contributed by atoms with van der Waals surface area (Å²) >= 11 is 0. The molecule has 0 aliphatic rings. The quantitative estimate of drug-likeness (QED) is 0.656. The lowest BCUT2D eigenvalue weighted by Gasteiger charge is -2.22. The van der Waals surface area contributed by atoms with Crippen LogP contribution in [0.4, 0.5) is 24.7 Å². The van der Waals surface area contributed by atoms with Crippen LogP contribution in [0.15, 0.2) is 30.5 Å². The molecule has 0 unspecified atom stereocenters. The first-order valence-electron chi connectivity index (χ1n) is 8.17. The van der Waals surface area contributed by atoms with Gasteiger partial charge in [-0.1, -0.05) is 31.9 Å². The summed E-state index contributed by atoms with van der Waals surface area (Å²) in [5.74, 6) is -0.238. The van der Waals surface area contributed by atoms with Gasteiger partial charge in [0.25, 0.3) is 0 Å². The molecule has 2 aromatic rings. The van der Waals surface area contributed by atoms with E-state index in [1.54, 1.807) is 19.2 Å². The van der Waals surface area contributed by atoms with E-state index >= 15 is 0 Å². The SMILES string of the molecule is CCCCCc1ccc(N(C)c2nc(OC)ncc2C(F)(F)F)cc1. The number of benzene rings is 1. The number of aromatic nitrogens is 2. The molecule has 0 aliphatic heterocycles. The molecule has 1 aromatic heterocycles. The van der Waals surface area contributed by atoms with E-state index in [-0.39, 0.29) is 11.8 Å². The van der Waals surface area contributed by atoms with Crippen molar-refractivity contribution in [1.29, 1.82) is 0 Å². The Morgan fingerprint density at radius 2 is 1.80 bits per heavy atom. The lowest BCUT2D eigenvalue weighted by atomic mass is 10.1. The Morgan fingerprint density at radius 3 is 2.36 bits per heavy atom. The fraction of sp³-hybridized carbons (Fsp3) is 0.444. The Kier molecular flexibility index (Phi) is 6.22. The number of nitrogens with zero attached hydrogens (tertiary/aromatic N) is 3. The van der Waals surface area contributed by atoms with Crippen molar-refractivity contribution in [1.82, 2.24) is 9.97 Å². The molecular formula is C18H22F3N3O. The topological polar surface area (TPSA) is 38.2 Å². The third-order valence-corrected chi connectivity index (χ3v) is 3.94. The van der Waals surface area contributed by atoms with Crippen molar-refractivity contribution in [3.8, 4) is 6.01 Å². The molecule has 0 aliphatic carbocycles. The highest BCUT2D eigenvalue weighted by Crippen LogP contribution is 2.37. The first-order valence-corrected chi connectivity index (χ1v) is 8.17. The lowest BCUT2D eigenvalue weighted by Crippen LogP contribution is -2.19. The third kappa shape index (κ3) is 4.84. The predicted molar refractivity (Wildman–Crippen MR) is 91.3 cm³/mol. The van der Waals surface area contributed by atoms with Crippen LogP contribution in [0.5, 0.6) is 6.01 Å². The van der Waals surface area contributed by atoms with Crippen LogP contribution >= 0.6 is 0 Å². The molecular weight excluding hydrogens is 331 g/mol. The Labute approximate surface area is 145 Å². The number of unbranched alkanes of at least 4 members (excludes halogenated alkanes) is 2. The number of ether oxygens (including phenoxy) is 1. The van der Waals surface area contributed by atoms with Gasteiger partial charge in [-0.05, 0) is 30.5 Å². The minimum atomic E-state index is -4.55. The molecule has 25 heavy (non-hydrogen) atoms. The largest absolute Gasteiger partial charge is 0.467 e. The van der Waals surface area contributed by atoms with Crippen molar-refractivity contribution in [2.24, 2.45) is 0 Å². The number of halogens is 3. The molecule has 4 nitrogen and oxygen atoms in total. The molecule has 7 heteroatoms. The van der Waals surface area contributed by atoms with Crippen molar-refractivity contribution in [3.05, 3.63) is 41.6 Å². The van der Waals surface area contributed by atoms with Crippen molar-refractivity contribution >= 4 is 11.5 Å². The zero-order chi connectivity index (χ0) is 18.4. The van der Waals surface area contributed by atoms with Crippen LogP contribution in [0, 0.1) is 0 Å². The summed E-state index contributed by atoms with van der Waals surface area (Å²) in [6.07, 6.45) is 0.584. The number of aryl methyl sites for hydroxylation is 1. The van der Waals surface area contributed by atoms with Crippen molar-refractivity contribution in [3.63, 3.8) is 0 Å². The highest BCUT2D eigenvalue weighted by Gasteiger charge is 2.36. The average Bonchev–Trinajstić information content (AvgIpc) is 2.60. The summed E-state index contributed by atoms with van der Waals surface area (Å²) < 4.78 is 44.6. The lowest BCUT2D eigenvalue weighted by molar-refractivity contribution is -0.137. The maximum absolute atomic E-state index is 13.2. The van der Waals surface area contributed by atoms with Crippen LogP contribution in [0.25, 0.3) is 0 Å². The van der Waals surface area contributed by atoms with Gasteiger partial charge in [-0.3, -0.25) is 0 Å². The number of hydrogen-bond donors (Lipinski definition) is 0. The first-order chi connectivity index (χ1) is 11.9. The van der Waals surface area contributed by atoms with Crippen molar-refractivity contribution in [2.75, 3.05) is 19.1 Å². The van der Waals surface area contributed by atoms with Crippen LogP contribution in [-0.4, -0.2) is 24.1 Å². The molecule has 0 bridgehead atoms. The van der Waals surface area contributed by atoms with E-state index < -0.39 is 11.7 Å². The highest BCUT2D eigenvalue weighted by molar-refractivity contribution is 5.63. The van der Waals surface area contributed by atoms with Crippen LogP contribution in [0.1, 0.15) is 37.3 Å². The summed E-state index contributed by atoms with van der Waals surface area (Å²) in [6.45, 7) is 2.15. The fourth-order valence-corrected chi connectivity index (χ4v) is 2.50. The van der Waals surface area contributed by atoms with E-state index in [0.29, 0.717) is 5.69 Å². The van der Waals surface area contributed by atoms with Crippen LogP contribution in [0.3, 0.4) is 0 Å². The Hall–Kier alpha value is -2.31. The van der Waals surface area contributed by atoms with Gasteiger partial charge in [0.1, 0.15) is 5.56 Å². The molecule has 136 valence electrons. The van der Waals surface area contributed by atoms with E-state index in [1.807, 2.05) is 12.1 Å². The summed E-state index contributed by atoms with van der Waals surface area (Å²) in [5, 5.41) is 0. The smallest absolute Gasteiger partial charge is 0.421 e. The van der Waals surface area contributed by atoms with Gasteiger partial charge in [-0.2, -0.15) is 18.2 Å². The number of anilines is 2. The summed E-state index contributed by atoms with van der Waals surface area (Å²) in [6, 6.07) is 7.37. The minimum Gasteiger partial charge on any atom is -0.467 e. The standard InChI is InChI=1S/C18H22F3N3O/c1-4-5-6-7-13-8-10-14(11-9-13)24(2)16-15(18(19,20)21)12-22-17(23-16)25-3/h8-12H,4-7H2,1-3H3. The molecule has 1 aromatic carbocycles. The van der Waals surface area contributed by atoms with Crippen molar-refractivity contribution in [2.45, 2.75) is 38.8 Å². The monoisotopic (exact) mass is 353 g/mol. The van der Waals surface area contributed by atoms with Gasteiger partial charge < -0.3 is 9.64 Å². The third-order valence-electron chi connectivity index (χ3n) is 3.94. The Balaban J connectivity index is 2.28. The molecule has 0 N–H and O–H groups in total. The molecule has 1 heterocycles. The normalized spacial score (nSPS) is 11.4. The fourth-order valence-electron chi connectivity index (χ4n) is 2.50. The van der Waals surface area contributed by atoms with E-state index in [0.717, 1.165) is 31.9 Å². The number of rotatable bonds is 7. The van der Waals surface area contributed by atoms with E-state index in [2.05, 4.69) is 16.9 Å². The maximum atomic E-state index is 13.2. The second-order valence-electron chi connectivity index (χ2n) is 5.77. The molecule has 2 rings (SSSR count). The molecule has 0 spiro atoms. The van der Waals surface area contributed by atoms with E-state index in [9.17, 15) is 13.2 Å². The van der Waals surface area contributed by atoms with Crippen LogP contribution in [0.2, 0.25) is 0 Å². The first kappa shape index (κ1) is 19.0. The zero-order valence-electron chi connectivity index (χ0n) is 14.6. The van der Waals surface area contributed by atoms with Gasteiger partial charge in [0, 0.05) is 18.9 Å². The second kappa shape index (κ2) is 8.18. The summed E-state index contributed by atoms with van der Waals surface area (Å²) in [5.41, 5.74) is 0.884. The number of methoxy groups -OCH3 is 1. The minimum absolute atomic E-state index is 0.106. The molecule has 0 atom stereocenters. The van der Waals surface area contributed by atoms with Gasteiger partial charge in [-0.15, -0.1) is 0 Å². The van der Waals surface area contributed by atoms with Gasteiger partial charge in [0.15, 0.2) is 5.82 Å². The number of alkyl halides is 3. The number of hydrogen-bond acceptors (Lipinski definition) is 4. The zero-order valence-corrected chi connectivity index (χ0v) is 14.6. The van der Waals surface area contributed by atoms with Gasteiger partial charge in [0.05, 0.1) is 7.11 Å². The molecule has 0 saturated carbocycles. The average molecular weight is 353 g/mol. The van der Waals surface area contributed by atoms with Crippen molar-refractivity contribution < 1.29 is 17.9 Å². The predicted octanol–water partition coefficient (Wildman–Crippen LogP) is 5.00. The molecule has 0 fully saturated rings. The summed E-state index contributed by atoms with van der Waals surface area (Å²) in [4.78, 5) is 8.86. The van der Waals surface area contributed by atoms with E-state index in [4.69, 9.17) is 4.74 Å². The van der Waals surface area contributed by atoms with Gasteiger partial charge in [-0.25, -0.2) is 4.98 Å². The summed E-state index contributed by atoms with van der Waals surface area (Å²) in [7, 11) is 2.86.